The van der Waals surface area contributed by atoms with Crippen molar-refractivity contribution < 1.29 is 24.2 Å². The number of carboxylic acid groups (broad SMARTS) is 1. The molecule has 0 spiro atoms. The maximum absolute atomic E-state index is 12.8. The maximum Gasteiger partial charge on any atom is 0.408 e. The standard InChI is InChI=1S/C26H23BrN4O5/c27-22-10-5-11-23(29-22)30-24(32)21-12-15(13-31(21)26(34)35)28-25(33)36-14-20-18-8-3-1-6-16(18)17-7-2-4-9-19(17)20/h1-11,15,20-21H,12-14H2,(H,28,33)(H,34,35)(H,29,30,32). The van der Waals surface area contributed by atoms with Gasteiger partial charge in [-0.15, -0.1) is 0 Å². The van der Waals surface area contributed by atoms with E-state index in [-0.39, 0.29) is 25.5 Å². The van der Waals surface area contributed by atoms with Crippen LogP contribution in [0.25, 0.3) is 11.1 Å². The fraction of sp³-hybridized carbons (Fsp3) is 0.231. The Labute approximate surface area is 215 Å². The summed E-state index contributed by atoms with van der Waals surface area (Å²) >= 11 is 3.24. The molecule has 0 bridgehead atoms. The molecule has 184 valence electrons. The van der Waals surface area contributed by atoms with E-state index in [0.717, 1.165) is 27.2 Å². The molecule has 0 radical (unpaired) electrons. The van der Waals surface area contributed by atoms with Gasteiger partial charge in [-0.3, -0.25) is 9.69 Å². The van der Waals surface area contributed by atoms with E-state index in [1.807, 2.05) is 36.4 Å². The van der Waals surface area contributed by atoms with Gasteiger partial charge in [0.25, 0.3) is 0 Å². The minimum Gasteiger partial charge on any atom is -0.465 e. The van der Waals surface area contributed by atoms with Crippen LogP contribution in [0.1, 0.15) is 23.5 Å². The Morgan fingerprint density at radius 2 is 1.67 bits per heavy atom. The number of alkyl carbamates (subject to hydrolysis) is 1. The number of ether oxygens (including phenoxy) is 1. The Hall–Kier alpha value is -3.92. The van der Waals surface area contributed by atoms with E-state index in [0.29, 0.717) is 10.4 Å². The normalized spacial score (nSPS) is 18.3. The molecule has 3 N–H and O–H groups in total. The quantitative estimate of drug-likeness (QED) is 0.404. The average Bonchev–Trinajstić information content (AvgIpc) is 3.42. The summed E-state index contributed by atoms with van der Waals surface area (Å²) in [5.41, 5.74) is 4.46. The van der Waals surface area contributed by atoms with Crippen LogP contribution >= 0.6 is 15.9 Å². The molecule has 3 aromatic rings. The first-order valence-corrected chi connectivity index (χ1v) is 12.2. The second-order valence-electron chi connectivity index (χ2n) is 8.69. The maximum atomic E-state index is 12.8. The molecule has 36 heavy (non-hydrogen) atoms. The number of anilines is 1. The summed E-state index contributed by atoms with van der Waals surface area (Å²) in [4.78, 5) is 42.4. The highest BCUT2D eigenvalue weighted by molar-refractivity contribution is 9.10. The van der Waals surface area contributed by atoms with Crippen molar-refractivity contribution in [3.05, 3.63) is 82.5 Å². The van der Waals surface area contributed by atoms with E-state index in [9.17, 15) is 19.5 Å². The second-order valence-corrected chi connectivity index (χ2v) is 9.50. The van der Waals surface area contributed by atoms with Gasteiger partial charge in [-0.05, 0) is 56.7 Å². The highest BCUT2D eigenvalue weighted by atomic mass is 79.9. The number of benzene rings is 2. The number of nitrogens with zero attached hydrogens (tertiary/aromatic N) is 2. The molecule has 10 heteroatoms. The summed E-state index contributed by atoms with van der Waals surface area (Å²) in [6.07, 6.45) is -1.77. The molecule has 1 aromatic heterocycles. The van der Waals surface area contributed by atoms with E-state index in [1.54, 1.807) is 18.2 Å². The zero-order valence-corrected chi connectivity index (χ0v) is 20.6. The Morgan fingerprint density at radius 3 is 2.31 bits per heavy atom. The second kappa shape index (κ2) is 9.98. The van der Waals surface area contributed by atoms with Gasteiger partial charge in [0.15, 0.2) is 0 Å². The van der Waals surface area contributed by atoms with Crippen LogP contribution in [-0.2, 0) is 9.53 Å². The molecule has 3 amide bonds. The largest absolute Gasteiger partial charge is 0.465 e. The summed E-state index contributed by atoms with van der Waals surface area (Å²) in [6.45, 7) is 0.122. The SMILES string of the molecule is O=C(NC1CC(C(=O)Nc2cccc(Br)n2)N(C(=O)O)C1)OCC1c2ccccc2-c2ccccc21. The van der Waals surface area contributed by atoms with Crippen LogP contribution in [0.4, 0.5) is 15.4 Å². The number of amides is 3. The lowest BCUT2D eigenvalue weighted by Gasteiger charge is -2.20. The van der Waals surface area contributed by atoms with Crippen LogP contribution in [0.15, 0.2) is 71.3 Å². The number of fused-ring (bicyclic) bond motifs is 3. The van der Waals surface area contributed by atoms with Crippen LogP contribution in [0.5, 0.6) is 0 Å². The predicted octanol–water partition coefficient (Wildman–Crippen LogP) is 4.44. The van der Waals surface area contributed by atoms with Crippen molar-refractivity contribution in [2.24, 2.45) is 0 Å². The van der Waals surface area contributed by atoms with Gasteiger partial charge in [0.1, 0.15) is 23.1 Å². The molecular formula is C26H23BrN4O5. The Morgan fingerprint density at radius 1 is 1.00 bits per heavy atom. The molecule has 1 fully saturated rings. The van der Waals surface area contributed by atoms with Gasteiger partial charge >= 0.3 is 12.2 Å². The highest BCUT2D eigenvalue weighted by Crippen LogP contribution is 2.44. The van der Waals surface area contributed by atoms with Crippen LogP contribution in [-0.4, -0.2) is 58.3 Å². The lowest BCUT2D eigenvalue weighted by Crippen LogP contribution is -2.43. The third-order valence-electron chi connectivity index (χ3n) is 6.48. The minimum atomic E-state index is -1.24. The Balaban J connectivity index is 1.21. The van der Waals surface area contributed by atoms with Gasteiger partial charge in [-0.1, -0.05) is 54.6 Å². The minimum absolute atomic E-state index is 0.0243. The molecular weight excluding hydrogens is 528 g/mol. The molecule has 1 aliphatic heterocycles. The average molecular weight is 551 g/mol. The smallest absolute Gasteiger partial charge is 0.408 e. The summed E-state index contributed by atoms with van der Waals surface area (Å²) in [5, 5.41) is 15.0. The number of hydrogen-bond donors (Lipinski definition) is 3. The lowest BCUT2D eigenvalue weighted by atomic mass is 9.98. The van der Waals surface area contributed by atoms with Gasteiger partial charge in [-0.2, -0.15) is 0 Å². The molecule has 2 atom stereocenters. The fourth-order valence-electron chi connectivity index (χ4n) is 4.89. The molecule has 2 unspecified atom stereocenters. The van der Waals surface area contributed by atoms with Crippen molar-refractivity contribution in [1.29, 1.82) is 0 Å². The van der Waals surface area contributed by atoms with Gasteiger partial charge in [0, 0.05) is 12.5 Å². The number of carbonyl (C=O) groups is 3. The summed E-state index contributed by atoms with van der Waals surface area (Å²) in [6, 6.07) is 19.6. The Kier molecular flexibility index (Phi) is 6.60. The van der Waals surface area contributed by atoms with Crippen molar-refractivity contribution in [3.8, 4) is 11.1 Å². The first-order chi connectivity index (χ1) is 17.4. The summed E-state index contributed by atoms with van der Waals surface area (Å²) < 4.78 is 6.11. The number of rotatable bonds is 5. The van der Waals surface area contributed by atoms with Gasteiger partial charge < -0.3 is 20.5 Å². The van der Waals surface area contributed by atoms with Gasteiger partial charge in [-0.25, -0.2) is 14.6 Å². The molecule has 1 saturated heterocycles. The molecule has 0 saturated carbocycles. The van der Waals surface area contributed by atoms with E-state index in [1.165, 1.54) is 0 Å². The monoisotopic (exact) mass is 550 g/mol. The molecule has 9 nitrogen and oxygen atoms in total. The number of likely N-dealkylation sites (tertiary alicyclic amines) is 1. The molecule has 2 aromatic carbocycles. The number of hydrogen-bond acceptors (Lipinski definition) is 5. The van der Waals surface area contributed by atoms with Crippen LogP contribution in [0.2, 0.25) is 0 Å². The fourth-order valence-corrected chi connectivity index (χ4v) is 5.24. The molecule has 1 aliphatic carbocycles. The van der Waals surface area contributed by atoms with Crippen molar-refractivity contribution in [1.82, 2.24) is 15.2 Å². The Bertz CT molecular complexity index is 1290. The van der Waals surface area contributed by atoms with E-state index < -0.39 is 30.2 Å². The van der Waals surface area contributed by atoms with Gasteiger partial charge in [0.2, 0.25) is 5.91 Å². The number of carbonyl (C=O) groups excluding carboxylic acids is 2. The predicted molar refractivity (Wildman–Crippen MR) is 136 cm³/mol. The zero-order chi connectivity index (χ0) is 25.2. The van der Waals surface area contributed by atoms with Crippen LogP contribution in [0.3, 0.4) is 0 Å². The van der Waals surface area contributed by atoms with Crippen LogP contribution in [0, 0.1) is 0 Å². The summed E-state index contributed by atoms with van der Waals surface area (Å²) in [5.74, 6) is -0.300. The van der Waals surface area contributed by atoms with Crippen molar-refractivity contribution >= 4 is 39.8 Å². The lowest BCUT2D eigenvalue weighted by molar-refractivity contribution is -0.119. The van der Waals surface area contributed by atoms with E-state index in [2.05, 4.69) is 43.7 Å². The van der Waals surface area contributed by atoms with Gasteiger partial charge in [0.05, 0.1) is 6.04 Å². The summed E-state index contributed by atoms with van der Waals surface area (Å²) in [7, 11) is 0. The number of aromatic nitrogens is 1. The number of nitrogens with one attached hydrogen (secondary N) is 2. The first-order valence-electron chi connectivity index (χ1n) is 11.4. The van der Waals surface area contributed by atoms with E-state index in [4.69, 9.17) is 4.74 Å². The van der Waals surface area contributed by atoms with Crippen LogP contribution < -0.4 is 10.6 Å². The first kappa shape index (κ1) is 23.8. The third-order valence-corrected chi connectivity index (χ3v) is 6.92. The third kappa shape index (κ3) is 4.76. The molecule has 5 rings (SSSR count). The van der Waals surface area contributed by atoms with E-state index >= 15 is 0 Å². The number of pyridine rings is 1. The molecule has 2 heterocycles. The van der Waals surface area contributed by atoms with Crippen molar-refractivity contribution in [3.63, 3.8) is 0 Å². The topological polar surface area (TPSA) is 121 Å². The van der Waals surface area contributed by atoms with Crippen molar-refractivity contribution in [2.75, 3.05) is 18.5 Å². The number of halogens is 1. The van der Waals surface area contributed by atoms with Crippen molar-refractivity contribution in [2.45, 2.75) is 24.4 Å². The highest BCUT2D eigenvalue weighted by Gasteiger charge is 2.41. The molecule has 2 aliphatic rings. The zero-order valence-electron chi connectivity index (χ0n) is 19.1.